The van der Waals surface area contributed by atoms with E-state index in [1.807, 2.05) is 0 Å². The third kappa shape index (κ3) is 13.9. The molecule has 0 heterocycles. The van der Waals surface area contributed by atoms with Crippen LogP contribution in [-0.2, 0) is 38.1 Å². The summed E-state index contributed by atoms with van der Waals surface area (Å²) in [5.41, 5.74) is 0. The van der Waals surface area contributed by atoms with Crippen molar-refractivity contribution in [3.63, 3.8) is 0 Å². The van der Waals surface area contributed by atoms with Gasteiger partial charge in [-0.25, -0.2) is 4.79 Å². The lowest BCUT2D eigenvalue weighted by molar-refractivity contribution is -0.157. The van der Waals surface area contributed by atoms with E-state index < -0.39 is 18.5 Å². The van der Waals surface area contributed by atoms with E-state index in [-0.39, 0.29) is 31.4 Å². The van der Waals surface area contributed by atoms with Gasteiger partial charge < -0.3 is 18.9 Å². The molecule has 0 saturated heterocycles. The zero-order valence-electron chi connectivity index (χ0n) is 15.1. The lowest BCUT2D eigenvalue weighted by atomic mass is 10.3. The normalized spacial score (nSPS) is 10.2. The van der Waals surface area contributed by atoms with Crippen molar-refractivity contribution in [1.82, 2.24) is 4.90 Å². The second-order valence-electron chi connectivity index (χ2n) is 4.95. The second-order valence-corrected chi connectivity index (χ2v) is 4.95. The van der Waals surface area contributed by atoms with Gasteiger partial charge >= 0.3 is 23.9 Å². The number of ether oxygens (including phenoxy) is 4. The van der Waals surface area contributed by atoms with Gasteiger partial charge in [0.05, 0.1) is 26.1 Å². The average molecular weight is 361 g/mol. The summed E-state index contributed by atoms with van der Waals surface area (Å²) in [6.07, 6.45) is 0.329. The standard InChI is InChI=1S/C16H27NO8/c1-4-22-14(19)6-8-17(9-7-15(20)23-5-2)10-11-24-16(21)12-25-13(3)18/h4-12H2,1-3H3. The molecular formula is C16H27NO8. The fourth-order valence-electron chi connectivity index (χ4n) is 1.79. The first kappa shape index (κ1) is 22.8. The number of rotatable bonds is 13. The van der Waals surface area contributed by atoms with Crippen LogP contribution in [0, 0.1) is 0 Å². The lowest BCUT2D eigenvalue weighted by Crippen LogP contribution is -2.33. The van der Waals surface area contributed by atoms with Crippen LogP contribution in [-0.4, -0.2) is 74.8 Å². The highest BCUT2D eigenvalue weighted by molar-refractivity contribution is 5.75. The molecule has 0 unspecified atom stereocenters. The van der Waals surface area contributed by atoms with Crippen LogP contribution in [0.4, 0.5) is 0 Å². The summed E-state index contributed by atoms with van der Waals surface area (Å²) in [4.78, 5) is 46.7. The van der Waals surface area contributed by atoms with Gasteiger partial charge in [-0.2, -0.15) is 0 Å². The van der Waals surface area contributed by atoms with Crippen LogP contribution >= 0.6 is 0 Å². The monoisotopic (exact) mass is 361 g/mol. The molecule has 0 bridgehead atoms. The van der Waals surface area contributed by atoms with Crippen LogP contribution in [0.3, 0.4) is 0 Å². The summed E-state index contributed by atoms with van der Waals surface area (Å²) in [6, 6.07) is 0. The van der Waals surface area contributed by atoms with Gasteiger partial charge in [-0.1, -0.05) is 0 Å². The molecule has 0 amide bonds. The van der Waals surface area contributed by atoms with Crippen molar-refractivity contribution in [3.05, 3.63) is 0 Å². The summed E-state index contributed by atoms with van der Waals surface area (Å²) >= 11 is 0. The fraction of sp³-hybridized carbons (Fsp3) is 0.750. The van der Waals surface area contributed by atoms with Crippen molar-refractivity contribution >= 4 is 23.9 Å². The molecule has 0 spiro atoms. The molecule has 0 atom stereocenters. The number of carbonyl (C=O) groups is 4. The number of hydrogen-bond acceptors (Lipinski definition) is 9. The minimum Gasteiger partial charge on any atom is -0.466 e. The molecule has 25 heavy (non-hydrogen) atoms. The zero-order valence-corrected chi connectivity index (χ0v) is 15.1. The van der Waals surface area contributed by atoms with Crippen molar-refractivity contribution in [2.45, 2.75) is 33.6 Å². The Morgan fingerprint density at radius 2 is 1.24 bits per heavy atom. The van der Waals surface area contributed by atoms with Crippen LogP contribution in [0.1, 0.15) is 33.6 Å². The lowest BCUT2D eigenvalue weighted by Gasteiger charge is -2.21. The van der Waals surface area contributed by atoms with E-state index in [1.165, 1.54) is 6.92 Å². The Balaban J connectivity index is 4.26. The predicted molar refractivity (Wildman–Crippen MR) is 86.5 cm³/mol. The van der Waals surface area contributed by atoms with Crippen LogP contribution in [0.15, 0.2) is 0 Å². The molecule has 0 radical (unpaired) electrons. The molecule has 0 aliphatic rings. The van der Waals surface area contributed by atoms with Gasteiger partial charge in [0.1, 0.15) is 6.61 Å². The number of esters is 4. The molecular weight excluding hydrogens is 334 g/mol. The van der Waals surface area contributed by atoms with Gasteiger partial charge in [-0.3, -0.25) is 19.3 Å². The molecule has 0 fully saturated rings. The van der Waals surface area contributed by atoms with Crippen LogP contribution in [0.2, 0.25) is 0 Å². The van der Waals surface area contributed by atoms with Crippen molar-refractivity contribution in [1.29, 1.82) is 0 Å². The minimum atomic E-state index is -0.661. The molecule has 9 heteroatoms. The summed E-state index contributed by atoms with van der Waals surface area (Å²) in [7, 11) is 0. The Bertz CT molecular complexity index is 416. The third-order valence-corrected chi connectivity index (χ3v) is 2.94. The maximum absolute atomic E-state index is 11.4. The average Bonchev–Trinajstić information content (AvgIpc) is 2.55. The first-order chi connectivity index (χ1) is 11.9. The molecule has 0 saturated carbocycles. The quantitative estimate of drug-likeness (QED) is 0.338. The topological polar surface area (TPSA) is 108 Å². The van der Waals surface area contributed by atoms with Gasteiger partial charge in [0.2, 0.25) is 0 Å². The van der Waals surface area contributed by atoms with Crippen molar-refractivity contribution < 1.29 is 38.1 Å². The Hall–Kier alpha value is -2.16. The summed E-state index contributed by atoms with van der Waals surface area (Å²) in [6.45, 7) is 5.89. The largest absolute Gasteiger partial charge is 0.466 e. The molecule has 0 rings (SSSR count). The van der Waals surface area contributed by atoms with Crippen molar-refractivity contribution in [3.8, 4) is 0 Å². The summed E-state index contributed by atoms with van der Waals surface area (Å²) < 4.78 is 19.2. The van der Waals surface area contributed by atoms with Gasteiger partial charge in [0.15, 0.2) is 6.61 Å². The van der Waals surface area contributed by atoms with E-state index in [0.29, 0.717) is 32.8 Å². The number of nitrogens with zero attached hydrogens (tertiary/aromatic N) is 1. The molecule has 0 aliphatic heterocycles. The maximum Gasteiger partial charge on any atom is 0.344 e. The highest BCUT2D eigenvalue weighted by Gasteiger charge is 2.13. The predicted octanol–water partition coefficient (Wildman–Crippen LogP) is 0.301. The van der Waals surface area contributed by atoms with E-state index in [4.69, 9.17) is 14.2 Å². The summed E-state index contributed by atoms with van der Waals surface area (Å²) in [5.74, 6) is -1.90. The highest BCUT2D eigenvalue weighted by Crippen LogP contribution is 1.99. The van der Waals surface area contributed by atoms with Gasteiger partial charge in [0.25, 0.3) is 0 Å². The van der Waals surface area contributed by atoms with Crippen LogP contribution in [0.5, 0.6) is 0 Å². The van der Waals surface area contributed by atoms with E-state index in [2.05, 4.69) is 4.74 Å². The number of carbonyl (C=O) groups excluding carboxylic acids is 4. The van der Waals surface area contributed by atoms with E-state index in [1.54, 1.807) is 18.7 Å². The van der Waals surface area contributed by atoms with E-state index >= 15 is 0 Å². The summed E-state index contributed by atoms with van der Waals surface area (Å²) in [5, 5.41) is 0. The van der Waals surface area contributed by atoms with Crippen LogP contribution in [0.25, 0.3) is 0 Å². The van der Waals surface area contributed by atoms with Crippen LogP contribution < -0.4 is 0 Å². The van der Waals surface area contributed by atoms with Crippen molar-refractivity contribution in [2.75, 3.05) is 46.1 Å². The molecule has 9 nitrogen and oxygen atoms in total. The van der Waals surface area contributed by atoms with Gasteiger partial charge in [0, 0.05) is 26.6 Å². The molecule has 0 aromatic rings. The third-order valence-electron chi connectivity index (χ3n) is 2.94. The smallest absolute Gasteiger partial charge is 0.344 e. The molecule has 0 N–H and O–H groups in total. The number of hydrogen-bond donors (Lipinski definition) is 0. The molecule has 0 aromatic heterocycles. The Kier molecular flexibility index (Phi) is 13.0. The molecule has 0 aliphatic carbocycles. The molecule has 144 valence electrons. The SMILES string of the molecule is CCOC(=O)CCN(CCOC(=O)COC(C)=O)CCC(=O)OCC. The Morgan fingerprint density at radius 3 is 1.68 bits per heavy atom. The second kappa shape index (κ2) is 14.2. The van der Waals surface area contributed by atoms with Gasteiger partial charge in [-0.05, 0) is 13.8 Å². The highest BCUT2D eigenvalue weighted by atomic mass is 16.6. The first-order valence-corrected chi connectivity index (χ1v) is 8.21. The van der Waals surface area contributed by atoms with E-state index in [0.717, 1.165) is 0 Å². The Labute approximate surface area is 147 Å². The van der Waals surface area contributed by atoms with Crippen molar-refractivity contribution in [2.24, 2.45) is 0 Å². The maximum atomic E-state index is 11.4. The fourth-order valence-corrected chi connectivity index (χ4v) is 1.79. The van der Waals surface area contributed by atoms with Gasteiger partial charge in [-0.15, -0.1) is 0 Å². The molecule has 0 aromatic carbocycles. The zero-order chi connectivity index (χ0) is 19.1. The Morgan fingerprint density at radius 1 is 0.720 bits per heavy atom. The minimum absolute atomic E-state index is 0.0474. The van der Waals surface area contributed by atoms with E-state index in [9.17, 15) is 19.2 Å². The first-order valence-electron chi connectivity index (χ1n) is 8.21.